The highest BCUT2D eigenvalue weighted by atomic mass is 35.5. The van der Waals surface area contributed by atoms with Gasteiger partial charge in [0.15, 0.2) is 11.6 Å². The number of thiophene rings is 1. The van der Waals surface area contributed by atoms with Gasteiger partial charge in [0.05, 0.1) is 0 Å². The van der Waals surface area contributed by atoms with Gasteiger partial charge in [-0.3, -0.25) is 0 Å². The normalized spacial score (nSPS) is 11.5. The predicted octanol–water partition coefficient (Wildman–Crippen LogP) is 10.7. The van der Waals surface area contributed by atoms with Crippen molar-refractivity contribution in [2.75, 3.05) is 0 Å². The van der Waals surface area contributed by atoms with E-state index in [9.17, 15) is 0 Å². The van der Waals surface area contributed by atoms with E-state index in [2.05, 4.69) is 125 Å². The molecule has 0 saturated heterocycles. The molecular weight excluding hydrogens is 554 g/mol. The van der Waals surface area contributed by atoms with Crippen LogP contribution in [0.15, 0.2) is 133 Å². The molecular formula is C37H22ClN3S. The lowest BCUT2D eigenvalue weighted by atomic mass is 9.97. The molecule has 0 aliphatic heterocycles. The third kappa shape index (κ3) is 4.51. The Morgan fingerprint density at radius 1 is 0.405 bits per heavy atom. The van der Waals surface area contributed by atoms with E-state index >= 15 is 0 Å². The van der Waals surface area contributed by atoms with Gasteiger partial charge in [0.2, 0.25) is 5.28 Å². The molecule has 8 aromatic rings. The van der Waals surface area contributed by atoms with E-state index < -0.39 is 0 Å². The number of hydrogen-bond donors (Lipinski definition) is 0. The highest BCUT2D eigenvalue weighted by molar-refractivity contribution is 7.25. The maximum Gasteiger partial charge on any atom is 0.226 e. The second kappa shape index (κ2) is 10.2. The highest BCUT2D eigenvalue weighted by Gasteiger charge is 2.13. The molecule has 2 aromatic heterocycles. The van der Waals surface area contributed by atoms with Crippen molar-refractivity contribution in [1.29, 1.82) is 0 Å². The summed E-state index contributed by atoms with van der Waals surface area (Å²) in [6.45, 7) is 0. The van der Waals surface area contributed by atoms with E-state index in [1.54, 1.807) is 11.3 Å². The van der Waals surface area contributed by atoms with Gasteiger partial charge in [0.1, 0.15) is 0 Å². The minimum atomic E-state index is 0.177. The molecule has 0 fully saturated rings. The van der Waals surface area contributed by atoms with E-state index in [1.807, 2.05) is 18.2 Å². The number of rotatable bonds is 4. The molecule has 0 aliphatic rings. The third-order valence-corrected chi connectivity index (χ3v) is 8.95. The zero-order valence-corrected chi connectivity index (χ0v) is 23.9. The molecule has 0 spiro atoms. The second-order valence-electron chi connectivity index (χ2n) is 10.3. The van der Waals surface area contributed by atoms with Crippen LogP contribution in [0.3, 0.4) is 0 Å². The maximum atomic E-state index is 6.46. The van der Waals surface area contributed by atoms with Crippen LogP contribution in [-0.2, 0) is 0 Å². The fourth-order valence-corrected chi connectivity index (χ4v) is 6.85. The SMILES string of the molecule is Clc1nc(-c2cccc(-c3ccc4ccc(-c5ccccc5)cc4c3)c2)nc(-c2ccc3c(c2)sc2ccccc23)n1. The Kier molecular flexibility index (Phi) is 6.03. The average molecular weight is 576 g/mol. The summed E-state index contributed by atoms with van der Waals surface area (Å²) < 4.78 is 2.46. The number of hydrogen-bond acceptors (Lipinski definition) is 4. The first kappa shape index (κ1) is 24.9. The van der Waals surface area contributed by atoms with Gasteiger partial charge in [-0.2, -0.15) is 9.97 Å². The fourth-order valence-electron chi connectivity index (χ4n) is 5.55. The Labute approximate surface area is 251 Å². The summed E-state index contributed by atoms with van der Waals surface area (Å²) in [4.78, 5) is 13.9. The third-order valence-electron chi connectivity index (χ3n) is 7.65. The molecule has 2 heterocycles. The van der Waals surface area contributed by atoms with Gasteiger partial charge in [0.25, 0.3) is 0 Å². The zero-order valence-electron chi connectivity index (χ0n) is 22.3. The van der Waals surface area contributed by atoms with Crippen molar-refractivity contribution in [3.63, 3.8) is 0 Å². The van der Waals surface area contributed by atoms with Crippen LogP contribution >= 0.6 is 22.9 Å². The molecule has 0 unspecified atom stereocenters. The van der Waals surface area contributed by atoms with Crippen LogP contribution in [-0.4, -0.2) is 15.0 Å². The Hall–Kier alpha value is -4.90. The molecule has 42 heavy (non-hydrogen) atoms. The van der Waals surface area contributed by atoms with E-state index in [0.29, 0.717) is 11.6 Å². The van der Waals surface area contributed by atoms with Crippen molar-refractivity contribution in [2.45, 2.75) is 0 Å². The predicted molar refractivity (Wildman–Crippen MR) is 177 cm³/mol. The van der Waals surface area contributed by atoms with Crippen LogP contribution in [0, 0.1) is 0 Å². The van der Waals surface area contributed by atoms with Gasteiger partial charge in [-0.1, -0.05) is 103 Å². The van der Waals surface area contributed by atoms with E-state index in [-0.39, 0.29) is 5.28 Å². The summed E-state index contributed by atoms with van der Waals surface area (Å²) in [5.74, 6) is 1.12. The van der Waals surface area contributed by atoms with Crippen molar-refractivity contribution in [3.05, 3.63) is 139 Å². The largest absolute Gasteiger partial charge is 0.226 e. The monoisotopic (exact) mass is 575 g/mol. The summed E-state index contributed by atoms with van der Waals surface area (Å²) in [5.41, 5.74) is 6.43. The summed E-state index contributed by atoms with van der Waals surface area (Å²) >= 11 is 8.23. The number of nitrogens with zero attached hydrogens (tertiary/aromatic N) is 3. The lowest BCUT2D eigenvalue weighted by molar-refractivity contribution is 1.07. The Morgan fingerprint density at radius 3 is 1.81 bits per heavy atom. The quantitative estimate of drug-likeness (QED) is 0.209. The molecule has 3 nitrogen and oxygen atoms in total. The number of benzene rings is 6. The van der Waals surface area contributed by atoms with Crippen molar-refractivity contribution in [2.24, 2.45) is 0 Å². The summed E-state index contributed by atoms with van der Waals surface area (Å²) in [6, 6.07) is 46.8. The maximum absolute atomic E-state index is 6.46. The topological polar surface area (TPSA) is 38.7 Å². The molecule has 0 bridgehead atoms. The van der Waals surface area contributed by atoms with Crippen molar-refractivity contribution < 1.29 is 0 Å². The lowest BCUT2D eigenvalue weighted by Gasteiger charge is -2.09. The first-order valence-corrected chi connectivity index (χ1v) is 14.9. The molecule has 0 radical (unpaired) electrons. The molecule has 8 rings (SSSR count). The first-order valence-electron chi connectivity index (χ1n) is 13.7. The van der Waals surface area contributed by atoms with Crippen molar-refractivity contribution >= 4 is 53.9 Å². The second-order valence-corrected chi connectivity index (χ2v) is 11.7. The van der Waals surface area contributed by atoms with Gasteiger partial charge in [-0.25, -0.2) is 4.98 Å². The standard InChI is InChI=1S/C37H22ClN3S/c38-37-40-35(39-36(41-37)29-17-18-32-31-11-4-5-12-33(31)42-34(32)22-29)28-10-6-9-25(19-28)27-16-14-24-13-15-26(20-30(24)21-27)23-7-2-1-3-8-23/h1-22H. The Bertz CT molecular complexity index is 2270. The number of fused-ring (bicyclic) bond motifs is 4. The summed E-state index contributed by atoms with van der Waals surface area (Å²) in [6.07, 6.45) is 0. The summed E-state index contributed by atoms with van der Waals surface area (Å²) in [5, 5.41) is 5.08. The number of aromatic nitrogens is 3. The summed E-state index contributed by atoms with van der Waals surface area (Å²) in [7, 11) is 0. The van der Waals surface area contributed by atoms with Gasteiger partial charge >= 0.3 is 0 Å². The molecule has 6 aromatic carbocycles. The highest BCUT2D eigenvalue weighted by Crippen LogP contribution is 2.36. The van der Waals surface area contributed by atoms with Crippen LogP contribution in [0.4, 0.5) is 0 Å². The molecule has 0 atom stereocenters. The van der Waals surface area contributed by atoms with Crippen LogP contribution in [0.5, 0.6) is 0 Å². The Morgan fingerprint density at radius 2 is 1.00 bits per heavy atom. The van der Waals surface area contributed by atoms with Crippen LogP contribution in [0.25, 0.3) is 76.0 Å². The van der Waals surface area contributed by atoms with E-state index in [1.165, 1.54) is 42.1 Å². The lowest BCUT2D eigenvalue weighted by Crippen LogP contribution is -1.97. The molecule has 5 heteroatoms. The van der Waals surface area contributed by atoms with E-state index in [0.717, 1.165) is 22.3 Å². The van der Waals surface area contributed by atoms with Crippen molar-refractivity contribution in [1.82, 2.24) is 15.0 Å². The van der Waals surface area contributed by atoms with Crippen molar-refractivity contribution in [3.8, 4) is 45.0 Å². The van der Waals surface area contributed by atoms with Gasteiger partial charge < -0.3 is 0 Å². The molecule has 198 valence electrons. The molecule has 0 amide bonds. The molecule has 0 saturated carbocycles. The Balaban J connectivity index is 1.17. The molecule has 0 N–H and O–H groups in total. The minimum absolute atomic E-state index is 0.177. The minimum Gasteiger partial charge on any atom is -0.208 e. The van der Waals surface area contributed by atoms with Gasteiger partial charge in [0, 0.05) is 31.3 Å². The van der Waals surface area contributed by atoms with Crippen LogP contribution in [0.2, 0.25) is 5.28 Å². The average Bonchev–Trinajstić information content (AvgIpc) is 3.42. The van der Waals surface area contributed by atoms with E-state index in [4.69, 9.17) is 16.6 Å². The van der Waals surface area contributed by atoms with Crippen LogP contribution in [0.1, 0.15) is 0 Å². The smallest absolute Gasteiger partial charge is 0.208 e. The first-order chi connectivity index (χ1) is 20.7. The zero-order chi connectivity index (χ0) is 28.0. The van der Waals surface area contributed by atoms with Crippen LogP contribution < -0.4 is 0 Å². The fraction of sp³-hybridized carbons (Fsp3) is 0. The van der Waals surface area contributed by atoms with Gasteiger partial charge in [-0.05, 0) is 75.0 Å². The number of halogens is 1. The molecule has 0 aliphatic carbocycles. The van der Waals surface area contributed by atoms with Gasteiger partial charge in [-0.15, -0.1) is 11.3 Å².